The number of carbonyl (C=O) groups is 1. The number of benzene rings is 1. The van der Waals surface area contributed by atoms with E-state index in [2.05, 4.69) is 46.9 Å². The molecule has 3 aromatic rings. The lowest BCUT2D eigenvalue weighted by Crippen LogP contribution is -2.25. The maximum atomic E-state index is 12.1. The smallest absolute Gasteiger partial charge is 0.252 e. The Hall–Kier alpha value is -2.88. The number of nitrogens with zero attached hydrogens (tertiary/aromatic N) is 2. The van der Waals surface area contributed by atoms with E-state index < -0.39 is 0 Å². The molecule has 2 aromatic heterocycles. The molecule has 0 unspecified atom stereocenters. The Kier molecular flexibility index (Phi) is 4.75. The minimum Gasteiger partial charge on any atom is -0.352 e. The van der Waals surface area contributed by atoms with Gasteiger partial charge in [0.1, 0.15) is 0 Å². The van der Waals surface area contributed by atoms with Crippen molar-refractivity contribution in [1.29, 1.82) is 0 Å². The zero-order valence-electron chi connectivity index (χ0n) is 14.0. The lowest BCUT2D eigenvalue weighted by molar-refractivity contribution is 0.0953. The van der Waals surface area contributed by atoms with E-state index in [1.807, 2.05) is 18.2 Å². The van der Waals surface area contributed by atoms with Crippen LogP contribution in [0.5, 0.6) is 0 Å². The zero-order chi connectivity index (χ0) is 16.9. The number of carbonyl (C=O) groups excluding carboxylic acids is 1. The van der Waals surface area contributed by atoms with E-state index in [1.165, 1.54) is 17.0 Å². The second-order valence-electron chi connectivity index (χ2n) is 5.81. The van der Waals surface area contributed by atoms with E-state index in [4.69, 9.17) is 0 Å². The highest BCUT2D eigenvalue weighted by Crippen LogP contribution is 2.20. The zero-order valence-corrected chi connectivity index (χ0v) is 14.0. The largest absolute Gasteiger partial charge is 0.352 e. The maximum Gasteiger partial charge on any atom is 0.252 e. The van der Waals surface area contributed by atoms with Crippen LogP contribution in [0, 0.1) is 13.8 Å². The van der Waals surface area contributed by atoms with E-state index >= 15 is 0 Å². The predicted molar refractivity (Wildman–Crippen MR) is 95.5 cm³/mol. The van der Waals surface area contributed by atoms with Crippen molar-refractivity contribution in [3.8, 4) is 5.69 Å². The fourth-order valence-electron chi connectivity index (χ4n) is 2.97. The first kappa shape index (κ1) is 16.0. The minimum atomic E-state index is -0.0834. The molecule has 4 heteroatoms. The quantitative estimate of drug-likeness (QED) is 0.783. The fraction of sp³-hybridized carbons (Fsp3) is 0.200. The number of aromatic nitrogens is 2. The van der Waals surface area contributed by atoms with Crippen molar-refractivity contribution in [3.05, 3.63) is 83.4 Å². The monoisotopic (exact) mass is 319 g/mol. The van der Waals surface area contributed by atoms with Crippen molar-refractivity contribution in [2.75, 3.05) is 6.54 Å². The van der Waals surface area contributed by atoms with Gasteiger partial charge in [0.25, 0.3) is 5.91 Å². The molecular formula is C20H21N3O. The second-order valence-corrected chi connectivity index (χ2v) is 5.81. The van der Waals surface area contributed by atoms with Crippen LogP contribution in [-0.2, 0) is 6.42 Å². The molecule has 3 rings (SSSR count). The summed E-state index contributed by atoms with van der Waals surface area (Å²) >= 11 is 0. The first-order valence-corrected chi connectivity index (χ1v) is 8.08. The van der Waals surface area contributed by atoms with Gasteiger partial charge >= 0.3 is 0 Å². The Morgan fingerprint density at radius 2 is 1.92 bits per heavy atom. The van der Waals surface area contributed by atoms with Crippen LogP contribution in [0.4, 0.5) is 0 Å². The molecule has 1 N–H and O–H groups in total. The summed E-state index contributed by atoms with van der Waals surface area (Å²) in [4.78, 5) is 16.0. The van der Waals surface area contributed by atoms with Crippen LogP contribution in [0.2, 0.25) is 0 Å². The molecule has 4 nitrogen and oxygen atoms in total. The van der Waals surface area contributed by atoms with Gasteiger partial charge in [-0.15, -0.1) is 0 Å². The van der Waals surface area contributed by atoms with Gasteiger partial charge in [0.05, 0.1) is 5.56 Å². The lowest BCUT2D eigenvalue weighted by Gasteiger charge is -2.10. The topological polar surface area (TPSA) is 46.9 Å². The Labute approximate surface area is 142 Å². The minimum absolute atomic E-state index is 0.0834. The van der Waals surface area contributed by atoms with Gasteiger partial charge in [-0.25, -0.2) is 0 Å². The van der Waals surface area contributed by atoms with Crippen LogP contribution in [0.25, 0.3) is 5.69 Å². The molecule has 24 heavy (non-hydrogen) atoms. The number of nitrogens with one attached hydrogen (secondary N) is 1. The van der Waals surface area contributed by atoms with Crippen molar-refractivity contribution in [1.82, 2.24) is 14.9 Å². The average Bonchev–Trinajstić information content (AvgIpc) is 2.90. The highest BCUT2D eigenvalue weighted by molar-refractivity contribution is 5.93. The lowest BCUT2D eigenvalue weighted by atomic mass is 10.1. The predicted octanol–water partition coefficient (Wildman–Crippen LogP) is 3.46. The molecule has 0 aliphatic rings. The Morgan fingerprint density at radius 3 is 2.62 bits per heavy atom. The molecule has 1 amide bonds. The van der Waals surface area contributed by atoms with Gasteiger partial charge < -0.3 is 9.88 Å². The first-order chi connectivity index (χ1) is 11.7. The molecule has 0 saturated carbocycles. The number of aryl methyl sites for hydroxylation is 1. The number of hydrogen-bond acceptors (Lipinski definition) is 2. The van der Waals surface area contributed by atoms with Crippen LogP contribution < -0.4 is 5.32 Å². The van der Waals surface area contributed by atoms with Gasteiger partial charge in [0.2, 0.25) is 0 Å². The summed E-state index contributed by atoms with van der Waals surface area (Å²) < 4.78 is 2.25. The van der Waals surface area contributed by atoms with Crippen LogP contribution in [-0.4, -0.2) is 22.0 Å². The van der Waals surface area contributed by atoms with E-state index in [9.17, 15) is 4.79 Å². The Bertz CT molecular complexity index is 823. The van der Waals surface area contributed by atoms with Gasteiger partial charge in [0, 0.05) is 36.0 Å². The molecule has 0 fully saturated rings. The maximum absolute atomic E-state index is 12.1. The molecular weight excluding hydrogens is 298 g/mol. The molecule has 0 aliphatic carbocycles. The number of rotatable bonds is 5. The molecule has 1 aromatic carbocycles. The number of para-hydroxylation sites is 1. The second kappa shape index (κ2) is 7.13. The third-order valence-electron chi connectivity index (χ3n) is 4.15. The van der Waals surface area contributed by atoms with Gasteiger partial charge in [-0.05, 0) is 56.2 Å². The molecule has 0 saturated heterocycles. The summed E-state index contributed by atoms with van der Waals surface area (Å²) in [7, 11) is 0. The molecule has 0 bridgehead atoms. The Morgan fingerprint density at radius 1 is 1.12 bits per heavy atom. The molecule has 0 radical (unpaired) electrons. The molecule has 0 atom stereocenters. The third kappa shape index (κ3) is 3.38. The molecule has 0 aliphatic heterocycles. The molecule has 2 heterocycles. The normalized spacial score (nSPS) is 10.6. The number of pyridine rings is 1. The summed E-state index contributed by atoms with van der Waals surface area (Å²) in [6, 6.07) is 16.0. The summed E-state index contributed by atoms with van der Waals surface area (Å²) in [5.41, 5.74) is 5.43. The summed E-state index contributed by atoms with van der Waals surface area (Å²) in [6.45, 7) is 4.84. The van der Waals surface area contributed by atoms with Gasteiger partial charge in [-0.3, -0.25) is 9.78 Å². The van der Waals surface area contributed by atoms with Crippen LogP contribution in [0.15, 0.2) is 60.9 Å². The van der Waals surface area contributed by atoms with E-state index in [0.717, 1.165) is 12.1 Å². The highest BCUT2D eigenvalue weighted by Gasteiger charge is 2.11. The third-order valence-corrected chi connectivity index (χ3v) is 4.15. The SMILES string of the molecule is Cc1cc(CCNC(=O)c2cccnc2)c(C)n1-c1ccccc1. The summed E-state index contributed by atoms with van der Waals surface area (Å²) in [6.07, 6.45) is 4.05. The standard InChI is InChI=1S/C20H21N3O/c1-15-13-17(16(2)23(15)19-8-4-3-5-9-19)10-12-22-20(24)18-7-6-11-21-14-18/h3-9,11,13-14H,10,12H2,1-2H3,(H,22,24). The van der Waals surface area contributed by atoms with Crippen LogP contribution in [0.3, 0.4) is 0 Å². The highest BCUT2D eigenvalue weighted by atomic mass is 16.1. The van der Waals surface area contributed by atoms with Crippen molar-refractivity contribution in [2.24, 2.45) is 0 Å². The van der Waals surface area contributed by atoms with Crippen molar-refractivity contribution in [3.63, 3.8) is 0 Å². The van der Waals surface area contributed by atoms with Crippen molar-refractivity contribution < 1.29 is 4.79 Å². The Balaban J connectivity index is 1.68. The molecule has 0 spiro atoms. The summed E-state index contributed by atoms with van der Waals surface area (Å²) in [5.74, 6) is -0.0834. The van der Waals surface area contributed by atoms with Gasteiger partial charge in [-0.1, -0.05) is 18.2 Å². The first-order valence-electron chi connectivity index (χ1n) is 8.08. The number of amides is 1. The summed E-state index contributed by atoms with van der Waals surface area (Å²) in [5, 5.41) is 2.95. The van der Waals surface area contributed by atoms with E-state index in [1.54, 1.807) is 24.5 Å². The van der Waals surface area contributed by atoms with Crippen molar-refractivity contribution in [2.45, 2.75) is 20.3 Å². The van der Waals surface area contributed by atoms with E-state index in [-0.39, 0.29) is 5.91 Å². The number of hydrogen-bond donors (Lipinski definition) is 1. The average molecular weight is 319 g/mol. The fourth-order valence-corrected chi connectivity index (χ4v) is 2.97. The molecule has 122 valence electrons. The van der Waals surface area contributed by atoms with Crippen molar-refractivity contribution >= 4 is 5.91 Å². The van der Waals surface area contributed by atoms with Gasteiger partial charge in [0.15, 0.2) is 0 Å². The van der Waals surface area contributed by atoms with Crippen LogP contribution in [0.1, 0.15) is 27.3 Å². The van der Waals surface area contributed by atoms with E-state index in [0.29, 0.717) is 12.1 Å². The van der Waals surface area contributed by atoms with Crippen LogP contribution >= 0.6 is 0 Å². The van der Waals surface area contributed by atoms with Gasteiger partial charge in [-0.2, -0.15) is 0 Å².